The molecule has 17 heavy (non-hydrogen) atoms. The van der Waals surface area contributed by atoms with Crippen molar-refractivity contribution in [1.82, 2.24) is 0 Å². The van der Waals surface area contributed by atoms with E-state index in [0.29, 0.717) is 6.42 Å². The van der Waals surface area contributed by atoms with Crippen LogP contribution in [0.3, 0.4) is 0 Å². The summed E-state index contributed by atoms with van der Waals surface area (Å²) in [6, 6.07) is 9.42. The van der Waals surface area contributed by atoms with Crippen molar-refractivity contribution in [1.29, 1.82) is 0 Å². The lowest BCUT2D eigenvalue weighted by Gasteiger charge is -2.33. The molecular formula is C15H20O2. The van der Waals surface area contributed by atoms with E-state index in [2.05, 4.69) is 0 Å². The lowest BCUT2D eigenvalue weighted by atomic mass is 9.76. The lowest BCUT2D eigenvalue weighted by molar-refractivity contribution is -0.144. The van der Waals surface area contributed by atoms with E-state index in [4.69, 9.17) is 0 Å². The fraction of sp³-hybridized carbons (Fsp3) is 0.533. The molecule has 0 amide bonds. The summed E-state index contributed by atoms with van der Waals surface area (Å²) in [5.41, 5.74) is -0.495. The Balaban J connectivity index is 2.39. The van der Waals surface area contributed by atoms with E-state index in [0.717, 1.165) is 31.2 Å². The summed E-state index contributed by atoms with van der Waals surface area (Å²) in [6.45, 7) is 1.82. The highest BCUT2D eigenvalue weighted by Crippen LogP contribution is 2.41. The normalized spacial score (nSPS) is 20.1. The molecule has 1 aromatic carbocycles. The zero-order valence-electron chi connectivity index (χ0n) is 10.4. The van der Waals surface area contributed by atoms with Gasteiger partial charge < -0.3 is 5.11 Å². The maximum Gasteiger partial charge on any atom is 0.168 e. The molecule has 1 aromatic rings. The Kier molecular flexibility index (Phi) is 3.63. The minimum Gasteiger partial charge on any atom is -0.377 e. The summed E-state index contributed by atoms with van der Waals surface area (Å²) < 4.78 is 0. The number of hydrogen-bond donors (Lipinski definition) is 1. The molecule has 0 radical (unpaired) electrons. The second-order valence-corrected chi connectivity index (χ2v) is 4.89. The molecule has 2 nitrogen and oxygen atoms in total. The first-order valence-electron chi connectivity index (χ1n) is 6.50. The summed E-state index contributed by atoms with van der Waals surface area (Å²) in [6.07, 6.45) is 4.55. The van der Waals surface area contributed by atoms with Crippen molar-refractivity contribution in [2.75, 3.05) is 0 Å². The molecule has 0 aliphatic heterocycles. The van der Waals surface area contributed by atoms with Crippen molar-refractivity contribution >= 4 is 5.78 Å². The van der Waals surface area contributed by atoms with Gasteiger partial charge in [0.15, 0.2) is 11.4 Å². The minimum atomic E-state index is -1.26. The minimum absolute atomic E-state index is 0.0457. The first kappa shape index (κ1) is 12.3. The standard InChI is InChI=1S/C15H20O2/c1-2-14(16)15(17,13-10-6-7-11-13)12-8-4-3-5-9-12/h3-5,8-9,13,17H,2,6-7,10-11H2,1H3. The fourth-order valence-electron chi connectivity index (χ4n) is 2.93. The van der Waals surface area contributed by atoms with Crippen LogP contribution in [0.1, 0.15) is 44.6 Å². The number of aliphatic hydroxyl groups is 1. The molecule has 1 aliphatic rings. The number of carbonyl (C=O) groups excluding carboxylic acids is 1. The lowest BCUT2D eigenvalue weighted by Crippen LogP contribution is -2.41. The SMILES string of the molecule is CCC(=O)C(O)(c1ccccc1)C1CCCC1. The number of hydrogen-bond acceptors (Lipinski definition) is 2. The maximum absolute atomic E-state index is 12.2. The molecule has 0 bridgehead atoms. The highest BCUT2D eigenvalue weighted by molar-refractivity contribution is 5.88. The molecular weight excluding hydrogens is 212 g/mol. The molecule has 0 heterocycles. The highest BCUT2D eigenvalue weighted by Gasteiger charge is 2.44. The summed E-state index contributed by atoms with van der Waals surface area (Å²) in [5.74, 6) is 0.0490. The van der Waals surface area contributed by atoms with E-state index in [1.54, 1.807) is 0 Å². The van der Waals surface area contributed by atoms with Gasteiger partial charge in [0.05, 0.1) is 0 Å². The van der Waals surface area contributed by atoms with Crippen molar-refractivity contribution in [2.24, 2.45) is 5.92 Å². The quantitative estimate of drug-likeness (QED) is 0.866. The van der Waals surface area contributed by atoms with Crippen LogP contribution in [-0.4, -0.2) is 10.9 Å². The van der Waals surface area contributed by atoms with Crippen molar-refractivity contribution in [3.05, 3.63) is 35.9 Å². The van der Waals surface area contributed by atoms with E-state index < -0.39 is 5.60 Å². The highest BCUT2D eigenvalue weighted by atomic mass is 16.3. The van der Waals surface area contributed by atoms with Crippen molar-refractivity contribution in [3.8, 4) is 0 Å². The van der Waals surface area contributed by atoms with Crippen LogP contribution in [0, 0.1) is 5.92 Å². The van der Waals surface area contributed by atoms with Gasteiger partial charge in [-0.15, -0.1) is 0 Å². The van der Waals surface area contributed by atoms with Gasteiger partial charge in [0.1, 0.15) is 0 Å². The zero-order valence-corrected chi connectivity index (χ0v) is 10.4. The van der Waals surface area contributed by atoms with E-state index in [1.165, 1.54) is 0 Å². The maximum atomic E-state index is 12.2. The molecule has 0 saturated heterocycles. The van der Waals surface area contributed by atoms with Crippen LogP contribution in [0.15, 0.2) is 30.3 Å². The predicted molar refractivity (Wildman–Crippen MR) is 67.6 cm³/mol. The van der Waals surface area contributed by atoms with Crippen LogP contribution < -0.4 is 0 Å². The largest absolute Gasteiger partial charge is 0.377 e. The fourth-order valence-corrected chi connectivity index (χ4v) is 2.93. The third kappa shape index (κ3) is 2.14. The molecule has 1 N–H and O–H groups in total. The Morgan fingerprint density at radius 1 is 1.29 bits per heavy atom. The number of ketones is 1. The Morgan fingerprint density at radius 3 is 2.41 bits per heavy atom. The average molecular weight is 232 g/mol. The number of Topliss-reactive ketones (excluding diaryl/α,β-unsaturated/α-hetero) is 1. The topological polar surface area (TPSA) is 37.3 Å². The Hall–Kier alpha value is -1.15. The van der Waals surface area contributed by atoms with Crippen LogP contribution in [-0.2, 0) is 10.4 Å². The van der Waals surface area contributed by atoms with Gasteiger partial charge in [0.25, 0.3) is 0 Å². The van der Waals surface area contributed by atoms with Crippen molar-refractivity contribution < 1.29 is 9.90 Å². The molecule has 92 valence electrons. The van der Waals surface area contributed by atoms with Gasteiger partial charge >= 0.3 is 0 Å². The number of rotatable bonds is 4. The van der Waals surface area contributed by atoms with Crippen LogP contribution in [0.5, 0.6) is 0 Å². The van der Waals surface area contributed by atoms with Crippen molar-refractivity contribution in [3.63, 3.8) is 0 Å². The van der Waals surface area contributed by atoms with Gasteiger partial charge in [-0.05, 0) is 24.3 Å². The van der Waals surface area contributed by atoms with Crippen LogP contribution >= 0.6 is 0 Å². The van der Waals surface area contributed by atoms with E-state index >= 15 is 0 Å². The van der Waals surface area contributed by atoms with Crippen LogP contribution in [0.25, 0.3) is 0 Å². The Morgan fingerprint density at radius 2 is 1.88 bits per heavy atom. The molecule has 1 unspecified atom stereocenters. The average Bonchev–Trinajstić information content (AvgIpc) is 2.92. The van der Waals surface area contributed by atoms with Crippen LogP contribution in [0.2, 0.25) is 0 Å². The molecule has 2 heteroatoms. The van der Waals surface area contributed by atoms with Gasteiger partial charge in [0, 0.05) is 6.42 Å². The van der Waals surface area contributed by atoms with Gasteiger partial charge in [-0.2, -0.15) is 0 Å². The second kappa shape index (κ2) is 5.01. The Labute approximate surface area is 103 Å². The van der Waals surface area contributed by atoms with Gasteiger partial charge in [-0.25, -0.2) is 0 Å². The van der Waals surface area contributed by atoms with Crippen LogP contribution in [0.4, 0.5) is 0 Å². The number of carbonyl (C=O) groups is 1. The monoisotopic (exact) mass is 232 g/mol. The van der Waals surface area contributed by atoms with Gasteiger partial charge in [0.2, 0.25) is 0 Å². The summed E-state index contributed by atoms with van der Waals surface area (Å²) in [7, 11) is 0. The molecule has 0 spiro atoms. The summed E-state index contributed by atoms with van der Waals surface area (Å²) in [5, 5.41) is 10.9. The third-order valence-electron chi connectivity index (χ3n) is 3.91. The van der Waals surface area contributed by atoms with Crippen molar-refractivity contribution in [2.45, 2.75) is 44.6 Å². The smallest absolute Gasteiger partial charge is 0.168 e. The molecule has 1 fully saturated rings. The molecule has 0 aromatic heterocycles. The molecule has 1 aliphatic carbocycles. The second-order valence-electron chi connectivity index (χ2n) is 4.89. The van der Waals surface area contributed by atoms with Gasteiger partial charge in [-0.3, -0.25) is 4.79 Å². The zero-order chi connectivity index (χ0) is 12.3. The van der Waals surface area contributed by atoms with E-state index in [9.17, 15) is 9.90 Å². The molecule has 2 rings (SSSR count). The Bertz CT molecular complexity index is 379. The predicted octanol–water partition coefficient (Wildman–Crippen LogP) is 3.04. The third-order valence-corrected chi connectivity index (χ3v) is 3.91. The van der Waals surface area contributed by atoms with E-state index in [-0.39, 0.29) is 11.7 Å². The van der Waals surface area contributed by atoms with E-state index in [1.807, 2.05) is 37.3 Å². The van der Waals surface area contributed by atoms with Gasteiger partial charge in [-0.1, -0.05) is 50.1 Å². The first-order chi connectivity index (χ1) is 8.19. The molecule has 1 saturated carbocycles. The number of benzene rings is 1. The summed E-state index contributed by atoms with van der Waals surface area (Å²) in [4.78, 5) is 12.2. The first-order valence-corrected chi connectivity index (χ1v) is 6.50. The molecule has 1 atom stereocenters. The summed E-state index contributed by atoms with van der Waals surface area (Å²) >= 11 is 0.